The standard InChI is InChI=1S/C30H32FN3O5/c1-19(2)16-17-32-29(36)26-27(39-30(37)34(26)18-20-4-10-23(31)11-5-20)21-6-12-24(13-7-21)33-28(35)22-8-14-25(38-3)15-9-22/h4-15,19,26-27H,16-18H2,1-3H3,(H,32,36)(H,33,35). The van der Waals surface area contributed by atoms with Crippen molar-refractivity contribution in [2.45, 2.75) is 39.0 Å². The average molecular weight is 534 g/mol. The molecule has 39 heavy (non-hydrogen) atoms. The molecule has 204 valence electrons. The minimum Gasteiger partial charge on any atom is -0.497 e. The van der Waals surface area contributed by atoms with Crippen molar-refractivity contribution in [3.05, 3.63) is 95.3 Å². The molecule has 0 spiro atoms. The minimum absolute atomic E-state index is 0.0912. The van der Waals surface area contributed by atoms with Gasteiger partial charge in [-0.2, -0.15) is 0 Å². The number of cyclic esters (lactones) is 1. The quantitative estimate of drug-likeness (QED) is 0.368. The van der Waals surface area contributed by atoms with E-state index in [1.165, 1.54) is 17.0 Å². The Hall–Kier alpha value is -4.40. The van der Waals surface area contributed by atoms with Crippen LogP contribution in [0.5, 0.6) is 5.75 Å². The van der Waals surface area contributed by atoms with Crippen LogP contribution >= 0.6 is 0 Å². The number of hydrogen-bond donors (Lipinski definition) is 2. The van der Waals surface area contributed by atoms with Gasteiger partial charge in [-0.05, 0) is 72.0 Å². The number of nitrogens with one attached hydrogen (secondary N) is 2. The number of ether oxygens (including phenoxy) is 2. The van der Waals surface area contributed by atoms with Crippen molar-refractivity contribution in [2.75, 3.05) is 19.0 Å². The van der Waals surface area contributed by atoms with E-state index in [0.717, 1.165) is 6.42 Å². The fourth-order valence-corrected chi connectivity index (χ4v) is 4.29. The van der Waals surface area contributed by atoms with Crippen molar-refractivity contribution in [3.63, 3.8) is 0 Å². The van der Waals surface area contributed by atoms with Gasteiger partial charge in [-0.3, -0.25) is 14.5 Å². The van der Waals surface area contributed by atoms with Gasteiger partial charge < -0.3 is 20.1 Å². The normalized spacial score (nSPS) is 16.6. The number of amides is 3. The second-order valence-electron chi connectivity index (χ2n) is 9.78. The predicted octanol–water partition coefficient (Wildman–Crippen LogP) is 5.31. The SMILES string of the molecule is COc1ccc(C(=O)Nc2ccc(C3OC(=O)N(Cc4ccc(F)cc4)C3C(=O)NCCC(C)C)cc2)cc1. The molecule has 3 amide bonds. The Morgan fingerprint density at radius 2 is 1.67 bits per heavy atom. The van der Waals surface area contributed by atoms with E-state index in [4.69, 9.17) is 9.47 Å². The van der Waals surface area contributed by atoms with E-state index in [0.29, 0.717) is 40.6 Å². The zero-order valence-electron chi connectivity index (χ0n) is 22.1. The molecular weight excluding hydrogens is 501 g/mol. The summed E-state index contributed by atoms with van der Waals surface area (Å²) in [5.74, 6) is 0.0516. The summed E-state index contributed by atoms with van der Waals surface area (Å²) in [6, 6.07) is 18.4. The first-order valence-electron chi connectivity index (χ1n) is 12.8. The van der Waals surface area contributed by atoms with Gasteiger partial charge in [0, 0.05) is 17.8 Å². The lowest BCUT2D eigenvalue weighted by Crippen LogP contribution is -2.46. The van der Waals surface area contributed by atoms with E-state index in [9.17, 15) is 18.8 Å². The molecule has 1 aliphatic rings. The molecule has 0 radical (unpaired) electrons. The number of nitrogens with zero attached hydrogens (tertiary/aromatic N) is 1. The molecule has 1 fully saturated rings. The third kappa shape index (κ3) is 6.93. The van der Waals surface area contributed by atoms with Crippen LogP contribution in [0.15, 0.2) is 72.8 Å². The molecule has 3 aromatic carbocycles. The Balaban J connectivity index is 1.52. The zero-order valence-corrected chi connectivity index (χ0v) is 22.1. The monoisotopic (exact) mass is 533 g/mol. The third-order valence-electron chi connectivity index (χ3n) is 6.49. The maximum absolute atomic E-state index is 13.4. The molecule has 0 aromatic heterocycles. The maximum atomic E-state index is 13.4. The first kappa shape index (κ1) is 27.6. The Bertz CT molecular complexity index is 1290. The Morgan fingerprint density at radius 1 is 1.00 bits per heavy atom. The Kier molecular flexibility index (Phi) is 8.81. The molecule has 8 nitrogen and oxygen atoms in total. The van der Waals surface area contributed by atoms with Crippen LogP contribution < -0.4 is 15.4 Å². The number of carbonyl (C=O) groups excluding carboxylic acids is 3. The highest BCUT2D eigenvalue weighted by Gasteiger charge is 2.46. The van der Waals surface area contributed by atoms with E-state index < -0.39 is 18.2 Å². The van der Waals surface area contributed by atoms with Gasteiger partial charge in [0.15, 0.2) is 12.1 Å². The number of carbonyl (C=O) groups is 3. The van der Waals surface area contributed by atoms with Crippen LogP contribution in [0.2, 0.25) is 0 Å². The van der Waals surface area contributed by atoms with Gasteiger partial charge in [-0.25, -0.2) is 9.18 Å². The van der Waals surface area contributed by atoms with Crippen LogP contribution in [0.25, 0.3) is 0 Å². The summed E-state index contributed by atoms with van der Waals surface area (Å²) < 4.78 is 24.2. The molecule has 0 bridgehead atoms. The summed E-state index contributed by atoms with van der Waals surface area (Å²) in [4.78, 5) is 40.2. The molecule has 2 atom stereocenters. The highest BCUT2D eigenvalue weighted by Crippen LogP contribution is 2.34. The number of methoxy groups -OCH3 is 1. The number of anilines is 1. The van der Waals surface area contributed by atoms with Crippen LogP contribution in [-0.4, -0.2) is 42.5 Å². The maximum Gasteiger partial charge on any atom is 0.411 e. The Labute approximate surface area is 227 Å². The molecule has 1 heterocycles. The lowest BCUT2D eigenvalue weighted by molar-refractivity contribution is -0.126. The van der Waals surface area contributed by atoms with E-state index in [1.54, 1.807) is 67.8 Å². The number of halogens is 1. The first-order chi connectivity index (χ1) is 18.7. The van der Waals surface area contributed by atoms with E-state index in [2.05, 4.69) is 24.5 Å². The van der Waals surface area contributed by atoms with Gasteiger partial charge in [0.1, 0.15) is 11.6 Å². The van der Waals surface area contributed by atoms with Crippen LogP contribution in [0.3, 0.4) is 0 Å². The highest BCUT2D eigenvalue weighted by atomic mass is 19.1. The van der Waals surface area contributed by atoms with E-state index in [-0.39, 0.29) is 24.2 Å². The van der Waals surface area contributed by atoms with E-state index in [1.807, 2.05) is 0 Å². The van der Waals surface area contributed by atoms with Gasteiger partial charge in [0.25, 0.3) is 5.91 Å². The number of benzene rings is 3. The molecular formula is C30H32FN3O5. The number of hydrogen-bond acceptors (Lipinski definition) is 5. The zero-order chi connectivity index (χ0) is 27.9. The predicted molar refractivity (Wildman–Crippen MR) is 145 cm³/mol. The fourth-order valence-electron chi connectivity index (χ4n) is 4.29. The van der Waals surface area contributed by atoms with E-state index >= 15 is 0 Å². The lowest BCUT2D eigenvalue weighted by Gasteiger charge is -2.24. The van der Waals surface area contributed by atoms with Crippen molar-refractivity contribution >= 4 is 23.6 Å². The van der Waals surface area contributed by atoms with Gasteiger partial charge in [0.05, 0.1) is 13.7 Å². The molecule has 4 rings (SSSR count). The minimum atomic E-state index is -0.922. The molecule has 0 saturated carbocycles. The molecule has 2 N–H and O–H groups in total. The van der Waals surface area contributed by atoms with Crippen molar-refractivity contribution in [1.29, 1.82) is 0 Å². The van der Waals surface area contributed by atoms with Gasteiger partial charge in [-0.1, -0.05) is 38.1 Å². The molecule has 3 aromatic rings. The summed E-state index contributed by atoms with van der Waals surface area (Å²) in [5.41, 5.74) is 2.30. The summed E-state index contributed by atoms with van der Waals surface area (Å²) in [7, 11) is 1.56. The number of rotatable bonds is 10. The molecule has 2 unspecified atom stereocenters. The molecule has 9 heteroatoms. The van der Waals surface area contributed by atoms with Crippen molar-refractivity contribution in [2.24, 2.45) is 5.92 Å². The van der Waals surface area contributed by atoms with Gasteiger partial charge in [-0.15, -0.1) is 0 Å². The van der Waals surface area contributed by atoms with Crippen LogP contribution in [0, 0.1) is 11.7 Å². The second-order valence-corrected chi connectivity index (χ2v) is 9.78. The van der Waals surface area contributed by atoms with Crippen molar-refractivity contribution in [3.8, 4) is 5.75 Å². The lowest BCUT2D eigenvalue weighted by atomic mass is 10.00. The molecule has 0 aliphatic carbocycles. The summed E-state index contributed by atoms with van der Waals surface area (Å²) in [5, 5.41) is 5.76. The average Bonchev–Trinajstić information content (AvgIpc) is 3.25. The van der Waals surface area contributed by atoms with Crippen molar-refractivity contribution < 1.29 is 28.2 Å². The largest absolute Gasteiger partial charge is 0.497 e. The smallest absolute Gasteiger partial charge is 0.411 e. The van der Waals surface area contributed by atoms with Crippen LogP contribution in [0.1, 0.15) is 47.9 Å². The van der Waals surface area contributed by atoms with Gasteiger partial charge >= 0.3 is 6.09 Å². The first-order valence-corrected chi connectivity index (χ1v) is 12.8. The topological polar surface area (TPSA) is 97.0 Å². The van der Waals surface area contributed by atoms with Crippen molar-refractivity contribution in [1.82, 2.24) is 10.2 Å². The summed E-state index contributed by atoms with van der Waals surface area (Å²) in [6.07, 6.45) is -0.702. The van der Waals surface area contributed by atoms with Crippen LogP contribution in [-0.2, 0) is 16.1 Å². The third-order valence-corrected chi connectivity index (χ3v) is 6.49. The van der Waals surface area contributed by atoms with Crippen LogP contribution in [0.4, 0.5) is 14.9 Å². The summed E-state index contributed by atoms with van der Waals surface area (Å²) >= 11 is 0. The molecule has 1 saturated heterocycles. The fraction of sp³-hybridized carbons (Fsp3) is 0.300. The van der Waals surface area contributed by atoms with Gasteiger partial charge in [0.2, 0.25) is 5.91 Å². The molecule has 1 aliphatic heterocycles. The Morgan fingerprint density at radius 3 is 2.28 bits per heavy atom. The highest BCUT2D eigenvalue weighted by molar-refractivity contribution is 6.04. The second kappa shape index (κ2) is 12.4. The summed E-state index contributed by atoms with van der Waals surface area (Å²) in [6.45, 7) is 4.68.